The minimum absolute atomic E-state index is 0.921. The van der Waals surface area contributed by atoms with Crippen molar-refractivity contribution in [2.75, 3.05) is 0 Å². The van der Waals surface area contributed by atoms with E-state index in [1.807, 2.05) is 0 Å². The van der Waals surface area contributed by atoms with Crippen LogP contribution in [0.15, 0.2) is 11.6 Å². The predicted molar refractivity (Wildman–Crippen MR) is 78.1 cm³/mol. The van der Waals surface area contributed by atoms with Crippen molar-refractivity contribution in [1.29, 1.82) is 0 Å². The van der Waals surface area contributed by atoms with Crippen molar-refractivity contribution in [2.45, 2.75) is 73.1 Å². The Kier molecular flexibility index (Phi) is 6.30. The Balaban J connectivity index is 2.56. The van der Waals surface area contributed by atoms with E-state index in [2.05, 4.69) is 40.7 Å². The SMILES string of the molecule is CC=C(C)CCC1C(C)CCCC(C)CC1C. The molecule has 0 heteroatoms. The second-order valence-electron chi connectivity index (χ2n) is 6.56. The quantitative estimate of drug-likeness (QED) is 0.541. The highest BCUT2D eigenvalue weighted by atomic mass is 14.3. The van der Waals surface area contributed by atoms with Crippen molar-refractivity contribution in [1.82, 2.24) is 0 Å². The van der Waals surface area contributed by atoms with Gasteiger partial charge in [0.2, 0.25) is 0 Å². The fraction of sp³-hybridized carbons (Fsp3) is 0.882. The van der Waals surface area contributed by atoms with Crippen molar-refractivity contribution in [3.05, 3.63) is 11.6 Å². The second-order valence-corrected chi connectivity index (χ2v) is 6.56. The van der Waals surface area contributed by atoms with Crippen LogP contribution in [0.25, 0.3) is 0 Å². The van der Waals surface area contributed by atoms with Crippen LogP contribution in [-0.4, -0.2) is 0 Å². The zero-order valence-electron chi connectivity index (χ0n) is 12.6. The van der Waals surface area contributed by atoms with E-state index in [9.17, 15) is 0 Å². The normalized spacial score (nSPS) is 36.4. The molecule has 1 aliphatic rings. The number of allylic oxidation sites excluding steroid dienone is 2. The van der Waals surface area contributed by atoms with Crippen LogP contribution >= 0.6 is 0 Å². The average molecular weight is 236 g/mol. The fourth-order valence-corrected chi connectivity index (χ4v) is 3.60. The number of rotatable bonds is 3. The molecule has 1 aliphatic carbocycles. The van der Waals surface area contributed by atoms with Crippen LogP contribution in [0.5, 0.6) is 0 Å². The van der Waals surface area contributed by atoms with Gasteiger partial charge in [0, 0.05) is 0 Å². The summed E-state index contributed by atoms with van der Waals surface area (Å²) < 4.78 is 0. The van der Waals surface area contributed by atoms with Gasteiger partial charge in [0.05, 0.1) is 0 Å². The highest BCUT2D eigenvalue weighted by Crippen LogP contribution is 2.37. The molecule has 0 saturated heterocycles. The zero-order chi connectivity index (χ0) is 12.8. The smallest absolute Gasteiger partial charge is 0.0320 e. The Morgan fingerprint density at radius 1 is 1.12 bits per heavy atom. The third-order valence-electron chi connectivity index (χ3n) is 4.96. The Bertz CT molecular complexity index is 238. The molecule has 0 aromatic carbocycles. The summed E-state index contributed by atoms with van der Waals surface area (Å²) in [5.74, 6) is 3.75. The van der Waals surface area contributed by atoms with Crippen LogP contribution in [0.1, 0.15) is 73.1 Å². The molecule has 0 aromatic heterocycles. The molecule has 100 valence electrons. The Morgan fingerprint density at radius 3 is 2.47 bits per heavy atom. The topological polar surface area (TPSA) is 0 Å². The molecule has 1 rings (SSSR count). The van der Waals surface area contributed by atoms with Crippen molar-refractivity contribution < 1.29 is 0 Å². The minimum Gasteiger partial charge on any atom is -0.0887 e. The molecular weight excluding hydrogens is 204 g/mol. The lowest BCUT2D eigenvalue weighted by molar-refractivity contribution is 0.170. The first kappa shape index (κ1) is 14.8. The molecule has 0 N–H and O–H groups in total. The lowest BCUT2D eigenvalue weighted by Gasteiger charge is -2.34. The first-order valence-corrected chi connectivity index (χ1v) is 7.66. The summed E-state index contributed by atoms with van der Waals surface area (Å²) in [6.45, 7) is 11.9. The van der Waals surface area contributed by atoms with Gasteiger partial charge in [-0.3, -0.25) is 0 Å². The van der Waals surface area contributed by atoms with E-state index in [0.717, 1.165) is 23.7 Å². The fourth-order valence-electron chi connectivity index (χ4n) is 3.60. The second kappa shape index (κ2) is 7.24. The van der Waals surface area contributed by atoms with Gasteiger partial charge in [-0.15, -0.1) is 0 Å². The van der Waals surface area contributed by atoms with E-state index >= 15 is 0 Å². The third-order valence-corrected chi connectivity index (χ3v) is 4.96. The predicted octanol–water partition coefficient (Wildman–Crippen LogP) is 5.83. The number of hydrogen-bond acceptors (Lipinski definition) is 0. The van der Waals surface area contributed by atoms with Gasteiger partial charge < -0.3 is 0 Å². The summed E-state index contributed by atoms with van der Waals surface area (Å²) in [5.41, 5.74) is 1.57. The van der Waals surface area contributed by atoms with Crippen LogP contribution in [0.3, 0.4) is 0 Å². The maximum atomic E-state index is 2.49. The van der Waals surface area contributed by atoms with Crippen molar-refractivity contribution in [2.24, 2.45) is 23.7 Å². The molecule has 0 aromatic rings. The van der Waals surface area contributed by atoms with Crippen LogP contribution in [-0.2, 0) is 0 Å². The highest BCUT2D eigenvalue weighted by molar-refractivity contribution is 4.96. The van der Waals surface area contributed by atoms with Gasteiger partial charge in [0.15, 0.2) is 0 Å². The molecule has 0 nitrogen and oxygen atoms in total. The van der Waals surface area contributed by atoms with E-state index in [1.54, 1.807) is 5.57 Å². The maximum absolute atomic E-state index is 2.49. The molecule has 0 heterocycles. The first-order valence-electron chi connectivity index (χ1n) is 7.66. The van der Waals surface area contributed by atoms with Crippen molar-refractivity contribution in [3.63, 3.8) is 0 Å². The molecule has 1 fully saturated rings. The van der Waals surface area contributed by atoms with Gasteiger partial charge >= 0.3 is 0 Å². The molecule has 1 saturated carbocycles. The average Bonchev–Trinajstić information content (AvgIpc) is 2.27. The Labute approximate surface area is 109 Å². The number of hydrogen-bond donors (Lipinski definition) is 0. The summed E-state index contributed by atoms with van der Waals surface area (Å²) >= 11 is 0. The summed E-state index contributed by atoms with van der Waals surface area (Å²) in [6.07, 6.45) is 10.8. The van der Waals surface area contributed by atoms with Crippen molar-refractivity contribution in [3.8, 4) is 0 Å². The van der Waals surface area contributed by atoms with Gasteiger partial charge in [-0.1, -0.05) is 51.7 Å². The molecule has 0 aliphatic heterocycles. The van der Waals surface area contributed by atoms with Crippen molar-refractivity contribution >= 4 is 0 Å². The van der Waals surface area contributed by atoms with E-state index in [-0.39, 0.29) is 0 Å². The third kappa shape index (κ3) is 4.85. The summed E-state index contributed by atoms with van der Waals surface area (Å²) in [5, 5.41) is 0. The lowest BCUT2D eigenvalue weighted by atomic mass is 9.72. The molecular formula is C17H32. The lowest BCUT2D eigenvalue weighted by Crippen LogP contribution is -2.24. The van der Waals surface area contributed by atoms with E-state index in [0.29, 0.717) is 0 Å². The Morgan fingerprint density at radius 2 is 1.82 bits per heavy atom. The van der Waals surface area contributed by atoms with Gasteiger partial charge in [-0.05, 0) is 56.8 Å². The van der Waals surface area contributed by atoms with Crippen LogP contribution in [0.4, 0.5) is 0 Å². The minimum atomic E-state index is 0.921. The van der Waals surface area contributed by atoms with Crippen LogP contribution in [0.2, 0.25) is 0 Å². The zero-order valence-corrected chi connectivity index (χ0v) is 12.6. The van der Waals surface area contributed by atoms with Gasteiger partial charge in [-0.2, -0.15) is 0 Å². The maximum Gasteiger partial charge on any atom is -0.0320 e. The molecule has 4 atom stereocenters. The summed E-state index contributed by atoms with van der Waals surface area (Å²) in [4.78, 5) is 0. The van der Waals surface area contributed by atoms with E-state index in [4.69, 9.17) is 0 Å². The largest absolute Gasteiger partial charge is 0.0887 e. The van der Waals surface area contributed by atoms with E-state index < -0.39 is 0 Å². The molecule has 0 spiro atoms. The standard InChI is InChI=1S/C17H32/c1-6-13(2)10-11-17-15(4)9-7-8-14(3)12-16(17)5/h6,14-17H,7-12H2,1-5H3. The van der Waals surface area contributed by atoms with Gasteiger partial charge in [0.25, 0.3) is 0 Å². The molecule has 0 amide bonds. The van der Waals surface area contributed by atoms with Crippen LogP contribution in [0, 0.1) is 23.7 Å². The van der Waals surface area contributed by atoms with Gasteiger partial charge in [-0.25, -0.2) is 0 Å². The highest BCUT2D eigenvalue weighted by Gasteiger charge is 2.26. The van der Waals surface area contributed by atoms with E-state index in [1.165, 1.54) is 38.5 Å². The Hall–Kier alpha value is -0.260. The first-order chi connectivity index (χ1) is 8.04. The monoisotopic (exact) mass is 236 g/mol. The molecule has 17 heavy (non-hydrogen) atoms. The molecule has 4 unspecified atom stereocenters. The molecule has 0 bridgehead atoms. The summed E-state index contributed by atoms with van der Waals surface area (Å²) in [6, 6.07) is 0. The van der Waals surface area contributed by atoms with Crippen LogP contribution < -0.4 is 0 Å². The summed E-state index contributed by atoms with van der Waals surface area (Å²) in [7, 11) is 0. The van der Waals surface area contributed by atoms with Gasteiger partial charge in [0.1, 0.15) is 0 Å². The molecule has 0 radical (unpaired) electrons.